The standard InChI is InChI=1S/C15H31N/c1-11(2)13(4)10-16-14-7-12(3)8-15(5,6)9-14/h11-14,16H,7-10H2,1-6H3. The van der Waals surface area contributed by atoms with Crippen molar-refractivity contribution in [3.05, 3.63) is 0 Å². The van der Waals surface area contributed by atoms with Crippen molar-refractivity contribution < 1.29 is 0 Å². The lowest BCUT2D eigenvalue weighted by molar-refractivity contribution is 0.147. The lowest BCUT2D eigenvalue weighted by Gasteiger charge is -2.40. The monoisotopic (exact) mass is 225 g/mol. The minimum Gasteiger partial charge on any atom is -0.314 e. The Bertz CT molecular complexity index is 207. The molecule has 0 radical (unpaired) electrons. The first-order valence-electron chi connectivity index (χ1n) is 7.03. The molecule has 1 aliphatic carbocycles. The molecule has 0 spiro atoms. The number of hydrogen-bond acceptors (Lipinski definition) is 1. The van der Waals surface area contributed by atoms with Gasteiger partial charge < -0.3 is 5.32 Å². The summed E-state index contributed by atoms with van der Waals surface area (Å²) in [6.07, 6.45) is 4.11. The molecule has 1 rings (SSSR count). The van der Waals surface area contributed by atoms with Crippen molar-refractivity contribution in [3.8, 4) is 0 Å². The van der Waals surface area contributed by atoms with E-state index < -0.39 is 0 Å². The van der Waals surface area contributed by atoms with Gasteiger partial charge in [0.25, 0.3) is 0 Å². The Hall–Kier alpha value is -0.0400. The molecule has 0 heterocycles. The number of hydrogen-bond donors (Lipinski definition) is 1. The van der Waals surface area contributed by atoms with Gasteiger partial charge in [0, 0.05) is 6.04 Å². The van der Waals surface area contributed by atoms with Gasteiger partial charge in [-0.1, -0.05) is 41.5 Å². The van der Waals surface area contributed by atoms with E-state index in [1.165, 1.54) is 25.8 Å². The van der Waals surface area contributed by atoms with Crippen LogP contribution < -0.4 is 5.32 Å². The number of nitrogens with one attached hydrogen (secondary N) is 1. The van der Waals surface area contributed by atoms with Crippen LogP contribution in [0.1, 0.15) is 60.8 Å². The van der Waals surface area contributed by atoms with Crippen molar-refractivity contribution in [2.45, 2.75) is 66.8 Å². The summed E-state index contributed by atoms with van der Waals surface area (Å²) in [6, 6.07) is 0.750. The summed E-state index contributed by atoms with van der Waals surface area (Å²) in [5.41, 5.74) is 0.538. The van der Waals surface area contributed by atoms with Crippen LogP contribution in [0.3, 0.4) is 0 Å². The maximum absolute atomic E-state index is 3.79. The summed E-state index contributed by atoms with van der Waals surface area (Å²) < 4.78 is 0. The summed E-state index contributed by atoms with van der Waals surface area (Å²) >= 11 is 0. The van der Waals surface area contributed by atoms with Gasteiger partial charge in [-0.05, 0) is 49.0 Å². The second kappa shape index (κ2) is 5.53. The summed E-state index contributed by atoms with van der Waals surface area (Å²) in [5, 5.41) is 3.79. The predicted octanol–water partition coefficient (Wildman–Crippen LogP) is 4.08. The van der Waals surface area contributed by atoms with Crippen LogP contribution in [0.2, 0.25) is 0 Å². The van der Waals surface area contributed by atoms with E-state index in [4.69, 9.17) is 0 Å². The number of rotatable bonds is 4. The Kier molecular flexibility index (Phi) is 4.85. The third-order valence-corrected chi connectivity index (χ3v) is 4.25. The zero-order valence-electron chi connectivity index (χ0n) is 12.1. The van der Waals surface area contributed by atoms with Crippen molar-refractivity contribution in [1.82, 2.24) is 5.32 Å². The summed E-state index contributed by atoms with van der Waals surface area (Å²) in [5.74, 6) is 2.47. The lowest BCUT2D eigenvalue weighted by atomic mass is 9.70. The Balaban J connectivity index is 2.37. The minimum absolute atomic E-state index is 0.538. The van der Waals surface area contributed by atoms with Crippen LogP contribution in [0.4, 0.5) is 0 Å². The molecule has 0 saturated heterocycles. The van der Waals surface area contributed by atoms with Crippen molar-refractivity contribution in [3.63, 3.8) is 0 Å². The highest BCUT2D eigenvalue weighted by atomic mass is 14.9. The van der Waals surface area contributed by atoms with E-state index in [0.29, 0.717) is 5.41 Å². The second-order valence-electron chi connectivity index (χ2n) is 7.24. The van der Waals surface area contributed by atoms with Gasteiger partial charge in [0.15, 0.2) is 0 Å². The van der Waals surface area contributed by atoms with E-state index >= 15 is 0 Å². The zero-order valence-corrected chi connectivity index (χ0v) is 12.1. The molecule has 3 unspecified atom stereocenters. The molecule has 1 heteroatoms. The smallest absolute Gasteiger partial charge is 0.00748 e. The summed E-state index contributed by atoms with van der Waals surface area (Å²) in [6.45, 7) is 15.4. The molecule has 0 aromatic heterocycles. The van der Waals surface area contributed by atoms with Gasteiger partial charge in [-0.3, -0.25) is 0 Å². The topological polar surface area (TPSA) is 12.0 Å². The third kappa shape index (κ3) is 4.45. The van der Waals surface area contributed by atoms with Crippen LogP contribution in [0.15, 0.2) is 0 Å². The molecule has 1 nitrogen and oxygen atoms in total. The van der Waals surface area contributed by atoms with Gasteiger partial charge in [-0.2, -0.15) is 0 Å². The Morgan fingerprint density at radius 1 is 1.19 bits per heavy atom. The van der Waals surface area contributed by atoms with Gasteiger partial charge in [0.1, 0.15) is 0 Å². The molecular formula is C15H31N. The summed E-state index contributed by atoms with van der Waals surface area (Å²) in [4.78, 5) is 0. The molecule has 1 N–H and O–H groups in total. The largest absolute Gasteiger partial charge is 0.314 e. The average Bonchev–Trinajstić information content (AvgIpc) is 2.10. The maximum Gasteiger partial charge on any atom is 0.00748 e. The van der Waals surface area contributed by atoms with Crippen molar-refractivity contribution >= 4 is 0 Å². The molecule has 1 saturated carbocycles. The molecule has 0 aliphatic heterocycles. The van der Waals surface area contributed by atoms with Crippen LogP contribution >= 0.6 is 0 Å². The highest BCUT2D eigenvalue weighted by molar-refractivity contribution is 4.86. The van der Waals surface area contributed by atoms with Gasteiger partial charge in [-0.25, -0.2) is 0 Å². The Labute approximate surface area is 102 Å². The SMILES string of the molecule is CC1CC(NCC(C)C(C)C)CC(C)(C)C1. The lowest BCUT2D eigenvalue weighted by Crippen LogP contribution is -2.42. The molecule has 1 fully saturated rings. The van der Waals surface area contributed by atoms with Crippen LogP contribution in [-0.2, 0) is 0 Å². The van der Waals surface area contributed by atoms with Crippen LogP contribution in [0.5, 0.6) is 0 Å². The zero-order chi connectivity index (χ0) is 12.3. The van der Waals surface area contributed by atoms with Gasteiger partial charge in [0.2, 0.25) is 0 Å². The fraction of sp³-hybridized carbons (Fsp3) is 1.00. The molecule has 0 aromatic carbocycles. The van der Waals surface area contributed by atoms with Crippen LogP contribution in [-0.4, -0.2) is 12.6 Å². The van der Waals surface area contributed by atoms with Crippen molar-refractivity contribution in [2.75, 3.05) is 6.54 Å². The highest BCUT2D eigenvalue weighted by Gasteiger charge is 2.31. The average molecular weight is 225 g/mol. The first-order valence-corrected chi connectivity index (χ1v) is 7.03. The van der Waals surface area contributed by atoms with Crippen molar-refractivity contribution in [2.24, 2.45) is 23.2 Å². The predicted molar refractivity (Wildman–Crippen MR) is 72.6 cm³/mol. The van der Waals surface area contributed by atoms with Crippen LogP contribution in [0, 0.1) is 23.2 Å². The van der Waals surface area contributed by atoms with Crippen molar-refractivity contribution in [1.29, 1.82) is 0 Å². The van der Waals surface area contributed by atoms with E-state index in [9.17, 15) is 0 Å². The normalized spacial score (nSPS) is 31.7. The van der Waals surface area contributed by atoms with E-state index in [1.54, 1.807) is 0 Å². The molecule has 0 bridgehead atoms. The quantitative estimate of drug-likeness (QED) is 0.760. The second-order valence-corrected chi connectivity index (χ2v) is 7.24. The Morgan fingerprint density at radius 3 is 2.31 bits per heavy atom. The van der Waals surface area contributed by atoms with Crippen LogP contribution in [0.25, 0.3) is 0 Å². The fourth-order valence-electron chi connectivity index (χ4n) is 3.09. The van der Waals surface area contributed by atoms with Gasteiger partial charge >= 0.3 is 0 Å². The molecule has 0 amide bonds. The first kappa shape index (κ1) is 14.0. The first-order chi connectivity index (χ1) is 7.30. The third-order valence-electron chi connectivity index (χ3n) is 4.25. The fourth-order valence-corrected chi connectivity index (χ4v) is 3.09. The molecule has 3 atom stereocenters. The Morgan fingerprint density at radius 2 is 1.81 bits per heavy atom. The molecule has 1 aliphatic rings. The molecular weight excluding hydrogens is 194 g/mol. The summed E-state index contributed by atoms with van der Waals surface area (Å²) in [7, 11) is 0. The van der Waals surface area contributed by atoms with E-state index in [0.717, 1.165) is 23.8 Å². The van der Waals surface area contributed by atoms with E-state index in [-0.39, 0.29) is 0 Å². The van der Waals surface area contributed by atoms with Gasteiger partial charge in [-0.15, -0.1) is 0 Å². The molecule has 96 valence electrons. The van der Waals surface area contributed by atoms with E-state index in [1.807, 2.05) is 0 Å². The van der Waals surface area contributed by atoms with Gasteiger partial charge in [0.05, 0.1) is 0 Å². The van der Waals surface area contributed by atoms with E-state index in [2.05, 4.69) is 46.9 Å². The highest BCUT2D eigenvalue weighted by Crippen LogP contribution is 2.38. The molecule has 0 aromatic rings. The maximum atomic E-state index is 3.79. The molecule has 16 heavy (non-hydrogen) atoms. The minimum atomic E-state index is 0.538.